The van der Waals surface area contributed by atoms with Gasteiger partial charge in [-0.1, -0.05) is 17.7 Å². The van der Waals surface area contributed by atoms with Crippen LogP contribution >= 0.6 is 11.6 Å². The fourth-order valence-corrected chi connectivity index (χ4v) is 1.70. The fourth-order valence-electron chi connectivity index (χ4n) is 1.52. The van der Waals surface area contributed by atoms with Gasteiger partial charge < -0.3 is 0 Å². The molecule has 0 spiro atoms. The van der Waals surface area contributed by atoms with E-state index in [9.17, 15) is 4.39 Å². The van der Waals surface area contributed by atoms with Gasteiger partial charge >= 0.3 is 0 Å². The van der Waals surface area contributed by atoms with Crippen LogP contribution in [0.2, 0.25) is 5.02 Å². The average Bonchev–Trinajstić information content (AvgIpc) is 2.33. The maximum absolute atomic E-state index is 13.0. The van der Waals surface area contributed by atoms with Gasteiger partial charge in [0, 0.05) is 5.02 Å². The molecule has 2 rings (SSSR count). The number of halogens is 2. The first-order valence-electron chi connectivity index (χ1n) is 3.70. The van der Waals surface area contributed by atoms with Crippen molar-refractivity contribution in [2.45, 2.75) is 19.0 Å². The van der Waals surface area contributed by atoms with Gasteiger partial charge in [-0.25, -0.2) is 4.39 Å². The molecule has 11 heavy (non-hydrogen) atoms. The smallest absolute Gasteiger partial charge is 0.126 e. The van der Waals surface area contributed by atoms with Crippen LogP contribution in [0.25, 0.3) is 0 Å². The Hall–Kier alpha value is -0.560. The molecular formula is C9H8ClF. The molecule has 0 saturated carbocycles. The molecule has 0 aromatic heterocycles. The molecule has 1 aromatic rings. The minimum absolute atomic E-state index is 0.621. The zero-order valence-electron chi connectivity index (χ0n) is 5.98. The first kappa shape index (κ1) is 7.11. The summed E-state index contributed by atoms with van der Waals surface area (Å²) in [5.74, 6) is 0. The molecule has 1 unspecified atom stereocenters. The summed E-state index contributed by atoms with van der Waals surface area (Å²) in [5.41, 5.74) is 1.90. The van der Waals surface area contributed by atoms with Crippen molar-refractivity contribution in [2.24, 2.45) is 0 Å². The Balaban J connectivity index is 2.52. The van der Waals surface area contributed by atoms with Gasteiger partial charge in [0.25, 0.3) is 0 Å². The van der Waals surface area contributed by atoms with Gasteiger partial charge in [-0.3, -0.25) is 0 Å². The average molecular weight is 171 g/mol. The Morgan fingerprint density at radius 2 is 2.27 bits per heavy atom. The van der Waals surface area contributed by atoms with Gasteiger partial charge in [-0.2, -0.15) is 0 Å². The highest BCUT2D eigenvalue weighted by Gasteiger charge is 2.21. The molecule has 1 aliphatic rings. The molecule has 58 valence electrons. The Kier molecular flexibility index (Phi) is 1.61. The molecule has 0 aliphatic heterocycles. The first-order chi connectivity index (χ1) is 5.27. The Labute approximate surface area is 70.0 Å². The molecule has 1 aliphatic carbocycles. The summed E-state index contributed by atoms with van der Waals surface area (Å²) >= 11 is 5.72. The molecule has 0 radical (unpaired) electrons. The Morgan fingerprint density at radius 1 is 1.45 bits per heavy atom. The van der Waals surface area contributed by atoms with Crippen LogP contribution in [-0.4, -0.2) is 0 Å². The zero-order valence-corrected chi connectivity index (χ0v) is 6.74. The van der Waals surface area contributed by atoms with E-state index in [1.54, 1.807) is 6.07 Å². The summed E-state index contributed by atoms with van der Waals surface area (Å²) in [5, 5.41) is 0.633. The van der Waals surface area contributed by atoms with E-state index in [0.717, 1.165) is 17.5 Å². The van der Waals surface area contributed by atoms with Gasteiger partial charge in [-0.15, -0.1) is 0 Å². The van der Waals surface area contributed by atoms with Crippen LogP contribution in [0.1, 0.15) is 23.7 Å². The molecular weight excluding hydrogens is 163 g/mol. The van der Waals surface area contributed by atoms with Crippen molar-refractivity contribution in [3.63, 3.8) is 0 Å². The second-order valence-electron chi connectivity index (χ2n) is 2.85. The second-order valence-corrected chi connectivity index (χ2v) is 3.29. The lowest BCUT2D eigenvalue weighted by atomic mass is 10.1. The third-order valence-electron chi connectivity index (χ3n) is 2.11. The number of rotatable bonds is 0. The van der Waals surface area contributed by atoms with Crippen LogP contribution < -0.4 is 0 Å². The lowest BCUT2D eigenvalue weighted by Crippen LogP contribution is -1.83. The molecule has 0 fully saturated rings. The number of benzene rings is 1. The number of hydrogen-bond acceptors (Lipinski definition) is 0. The minimum atomic E-state index is -0.788. The quantitative estimate of drug-likeness (QED) is 0.561. The summed E-state index contributed by atoms with van der Waals surface area (Å²) in [6, 6.07) is 5.46. The number of alkyl halides is 1. The predicted molar refractivity (Wildman–Crippen MR) is 43.6 cm³/mol. The summed E-state index contributed by atoms with van der Waals surface area (Å²) in [6.45, 7) is 0. The van der Waals surface area contributed by atoms with Crippen LogP contribution in [0.15, 0.2) is 18.2 Å². The number of aryl methyl sites for hydroxylation is 1. The largest absolute Gasteiger partial charge is 0.242 e. The molecule has 1 aromatic carbocycles. The van der Waals surface area contributed by atoms with E-state index in [2.05, 4.69) is 0 Å². The highest BCUT2D eigenvalue weighted by Crippen LogP contribution is 2.35. The first-order valence-corrected chi connectivity index (χ1v) is 4.07. The highest BCUT2D eigenvalue weighted by molar-refractivity contribution is 6.30. The van der Waals surface area contributed by atoms with Crippen LogP contribution in [0.5, 0.6) is 0 Å². The molecule has 0 amide bonds. The molecule has 0 heterocycles. The SMILES string of the molecule is FC1CCc2ccc(Cl)cc21. The molecule has 0 N–H and O–H groups in total. The standard InChI is InChI=1S/C9H8ClF/c10-7-3-1-6-2-4-9(11)8(6)5-7/h1,3,5,9H,2,4H2. The molecule has 0 saturated heterocycles. The fraction of sp³-hybridized carbons (Fsp3) is 0.333. The van der Waals surface area contributed by atoms with Crippen molar-refractivity contribution in [1.82, 2.24) is 0 Å². The summed E-state index contributed by atoms with van der Waals surface area (Å²) in [7, 11) is 0. The van der Waals surface area contributed by atoms with Gasteiger partial charge in [0.05, 0.1) is 0 Å². The Morgan fingerprint density at radius 3 is 3.09 bits per heavy atom. The molecule has 0 nitrogen and oxygen atoms in total. The van der Waals surface area contributed by atoms with Crippen molar-refractivity contribution in [3.8, 4) is 0 Å². The third-order valence-corrected chi connectivity index (χ3v) is 2.35. The molecule has 0 bridgehead atoms. The van der Waals surface area contributed by atoms with E-state index in [1.807, 2.05) is 12.1 Å². The molecule has 2 heteroatoms. The second kappa shape index (κ2) is 2.49. The van der Waals surface area contributed by atoms with Crippen LogP contribution in [-0.2, 0) is 6.42 Å². The van der Waals surface area contributed by atoms with Crippen molar-refractivity contribution in [1.29, 1.82) is 0 Å². The monoisotopic (exact) mass is 170 g/mol. The van der Waals surface area contributed by atoms with Crippen molar-refractivity contribution in [2.75, 3.05) is 0 Å². The van der Waals surface area contributed by atoms with Crippen LogP contribution in [0.4, 0.5) is 4.39 Å². The Bertz CT molecular complexity index is 283. The van der Waals surface area contributed by atoms with E-state index in [0.29, 0.717) is 11.4 Å². The van der Waals surface area contributed by atoms with E-state index >= 15 is 0 Å². The summed E-state index contributed by atoms with van der Waals surface area (Å²) < 4.78 is 13.0. The maximum atomic E-state index is 13.0. The highest BCUT2D eigenvalue weighted by atomic mass is 35.5. The maximum Gasteiger partial charge on any atom is 0.126 e. The van der Waals surface area contributed by atoms with Crippen molar-refractivity contribution < 1.29 is 4.39 Å². The molecule has 1 atom stereocenters. The predicted octanol–water partition coefficient (Wildman–Crippen LogP) is 3.30. The van der Waals surface area contributed by atoms with Gasteiger partial charge in [0.15, 0.2) is 0 Å². The number of fused-ring (bicyclic) bond motifs is 1. The summed E-state index contributed by atoms with van der Waals surface area (Å²) in [6.07, 6.45) is 0.687. The van der Waals surface area contributed by atoms with Crippen LogP contribution in [0.3, 0.4) is 0 Å². The van der Waals surface area contributed by atoms with Gasteiger partial charge in [0.2, 0.25) is 0 Å². The normalized spacial score (nSPS) is 21.8. The van der Waals surface area contributed by atoms with Crippen LogP contribution in [0, 0.1) is 0 Å². The van der Waals surface area contributed by atoms with E-state index < -0.39 is 6.17 Å². The van der Waals surface area contributed by atoms with E-state index in [4.69, 9.17) is 11.6 Å². The summed E-state index contributed by atoms with van der Waals surface area (Å²) in [4.78, 5) is 0. The topological polar surface area (TPSA) is 0 Å². The van der Waals surface area contributed by atoms with E-state index in [-0.39, 0.29) is 0 Å². The zero-order chi connectivity index (χ0) is 7.84. The van der Waals surface area contributed by atoms with Gasteiger partial charge in [0.1, 0.15) is 6.17 Å². The lowest BCUT2D eigenvalue weighted by Gasteiger charge is -2.00. The number of hydrogen-bond donors (Lipinski definition) is 0. The minimum Gasteiger partial charge on any atom is -0.242 e. The van der Waals surface area contributed by atoms with Crippen molar-refractivity contribution >= 4 is 11.6 Å². The third kappa shape index (κ3) is 1.14. The van der Waals surface area contributed by atoms with Crippen molar-refractivity contribution in [3.05, 3.63) is 34.3 Å². The van der Waals surface area contributed by atoms with Gasteiger partial charge in [-0.05, 0) is 36.1 Å². The lowest BCUT2D eigenvalue weighted by molar-refractivity contribution is 0.344. The van der Waals surface area contributed by atoms with E-state index in [1.165, 1.54) is 0 Å².